The average Bonchev–Trinajstić information content (AvgIpc) is 2.78. The summed E-state index contributed by atoms with van der Waals surface area (Å²) >= 11 is 1.40. The van der Waals surface area contributed by atoms with Crippen LogP contribution in [0.4, 0.5) is 10.7 Å². The number of hydrogen-bond donors (Lipinski definition) is 3. The number of hydrogen-bond acceptors (Lipinski definition) is 5. The van der Waals surface area contributed by atoms with Gasteiger partial charge in [-0.15, -0.1) is 11.3 Å². The molecule has 1 amide bonds. The summed E-state index contributed by atoms with van der Waals surface area (Å²) in [4.78, 5) is 14.5. The molecule has 0 aliphatic rings. The van der Waals surface area contributed by atoms with Crippen molar-refractivity contribution in [3.63, 3.8) is 0 Å². The maximum atomic E-state index is 11.5. The van der Waals surface area contributed by atoms with E-state index in [4.69, 9.17) is 5.73 Å². The third-order valence-corrected chi connectivity index (χ3v) is 4.02. The van der Waals surface area contributed by atoms with E-state index in [1.807, 2.05) is 6.07 Å². The summed E-state index contributed by atoms with van der Waals surface area (Å²) in [6, 6.07) is 1.82. The van der Waals surface area contributed by atoms with Gasteiger partial charge >= 0.3 is 0 Å². The molecule has 0 aliphatic heterocycles. The molecule has 0 saturated carbocycles. The van der Waals surface area contributed by atoms with Gasteiger partial charge in [0.25, 0.3) is 5.91 Å². The van der Waals surface area contributed by atoms with Gasteiger partial charge in [-0.05, 0) is 25.6 Å². The Bertz CT molecular complexity index is 405. The first-order valence-corrected chi connectivity index (χ1v) is 7.51. The number of nitrogens with two attached hydrogens (primary N) is 1. The van der Waals surface area contributed by atoms with Gasteiger partial charge in [-0.3, -0.25) is 4.79 Å². The van der Waals surface area contributed by atoms with Crippen molar-refractivity contribution in [2.24, 2.45) is 0 Å². The molecule has 0 spiro atoms. The van der Waals surface area contributed by atoms with Crippen LogP contribution in [-0.2, 0) is 0 Å². The molecule has 0 radical (unpaired) electrons. The molecule has 0 aliphatic carbocycles. The standard InChI is InChI=1S/C13H24N4OS/c1-4-7-17(5-2)8-6-16-11-9-10(14)12(19-11)13(18)15-3/h9,16H,4-8,14H2,1-3H3,(H,15,18). The van der Waals surface area contributed by atoms with Gasteiger partial charge < -0.3 is 21.3 Å². The van der Waals surface area contributed by atoms with Crippen molar-refractivity contribution in [2.75, 3.05) is 44.3 Å². The molecule has 0 aromatic carbocycles. The molecule has 1 aromatic rings. The van der Waals surface area contributed by atoms with Crippen LogP contribution in [0.15, 0.2) is 6.07 Å². The van der Waals surface area contributed by atoms with Crippen molar-refractivity contribution in [3.8, 4) is 0 Å². The van der Waals surface area contributed by atoms with Gasteiger partial charge in [0.05, 0.1) is 10.7 Å². The Kier molecular flexibility index (Phi) is 6.66. The molecular weight excluding hydrogens is 260 g/mol. The summed E-state index contributed by atoms with van der Waals surface area (Å²) in [6.45, 7) is 8.40. The number of nitrogens with zero attached hydrogens (tertiary/aromatic N) is 1. The summed E-state index contributed by atoms with van der Waals surface area (Å²) in [5.41, 5.74) is 6.36. The lowest BCUT2D eigenvalue weighted by Crippen LogP contribution is -2.29. The summed E-state index contributed by atoms with van der Waals surface area (Å²) in [5, 5.41) is 6.86. The van der Waals surface area contributed by atoms with Crippen molar-refractivity contribution in [2.45, 2.75) is 20.3 Å². The SMILES string of the molecule is CCCN(CC)CCNc1cc(N)c(C(=O)NC)s1. The van der Waals surface area contributed by atoms with Gasteiger partial charge in [0.15, 0.2) is 0 Å². The monoisotopic (exact) mass is 284 g/mol. The fourth-order valence-corrected chi connectivity index (χ4v) is 2.82. The quantitative estimate of drug-likeness (QED) is 0.681. The molecule has 0 saturated heterocycles. The van der Waals surface area contributed by atoms with Crippen LogP contribution < -0.4 is 16.4 Å². The van der Waals surface area contributed by atoms with E-state index in [0.29, 0.717) is 10.6 Å². The highest BCUT2D eigenvalue weighted by Crippen LogP contribution is 2.28. The summed E-state index contributed by atoms with van der Waals surface area (Å²) < 4.78 is 0. The molecule has 19 heavy (non-hydrogen) atoms. The van der Waals surface area contributed by atoms with E-state index in [0.717, 1.165) is 31.2 Å². The molecule has 6 heteroatoms. The zero-order valence-corrected chi connectivity index (χ0v) is 12.8. The van der Waals surface area contributed by atoms with Crippen molar-refractivity contribution in [3.05, 3.63) is 10.9 Å². The first-order valence-electron chi connectivity index (χ1n) is 6.69. The van der Waals surface area contributed by atoms with E-state index >= 15 is 0 Å². The second-order valence-electron chi connectivity index (χ2n) is 4.34. The molecule has 108 valence electrons. The highest BCUT2D eigenvalue weighted by Gasteiger charge is 2.12. The Balaban J connectivity index is 2.47. The predicted octanol–water partition coefficient (Wildman–Crippen LogP) is 1.83. The highest BCUT2D eigenvalue weighted by atomic mass is 32.1. The highest BCUT2D eigenvalue weighted by molar-refractivity contribution is 7.18. The van der Waals surface area contributed by atoms with Gasteiger partial charge in [-0.25, -0.2) is 0 Å². The largest absolute Gasteiger partial charge is 0.397 e. The third-order valence-electron chi connectivity index (χ3n) is 2.91. The second-order valence-corrected chi connectivity index (χ2v) is 5.39. The minimum absolute atomic E-state index is 0.128. The van der Waals surface area contributed by atoms with E-state index in [9.17, 15) is 4.79 Å². The van der Waals surface area contributed by atoms with E-state index in [1.165, 1.54) is 17.8 Å². The Morgan fingerprint density at radius 1 is 1.42 bits per heavy atom. The molecule has 0 atom stereocenters. The van der Waals surface area contributed by atoms with Crippen LogP contribution in [0.3, 0.4) is 0 Å². The lowest BCUT2D eigenvalue weighted by Gasteiger charge is -2.19. The maximum absolute atomic E-state index is 11.5. The zero-order valence-electron chi connectivity index (χ0n) is 12.0. The number of carbonyl (C=O) groups is 1. The van der Waals surface area contributed by atoms with Gasteiger partial charge in [-0.1, -0.05) is 13.8 Å². The van der Waals surface area contributed by atoms with Gasteiger partial charge in [-0.2, -0.15) is 0 Å². The molecule has 0 unspecified atom stereocenters. The van der Waals surface area contributed by atoms with Crippen molar-refractivity contribution in [1.29, 1.82) is 0 Å². The smallest absolute Gasteiger partial charge is 0.263 e. The molecule has 5 nitrogen and oxygen atoms in total. The Hall–Kier alpha value is -1.27. The van der Waals surface area contributed by atoms with E-state index < -0.39 is 0 Å². The molecular formula is C13H24N4OS. The second kappa shape index (κ2) is 8.01. The first kappa shape index (κ1) is 15.8. The predicted molar refractivity (Wildman–Crippen MR) is 83.0 cm³/mol. The van der Waals surface area contributed by atoms with Crippen LogP contribution in [0.25, 0.3) is 0 Å². The first-order chi connectivity index (χ1) is 9.12. The van der Waals surface area contributed by atoms with Gasteiger partial charge in [0.1, 0.15) is 4.88 Å². The number of carbonyl (C=O) groups excluding carboxylic acids is 1. The average molecular weight is 284 g/mol. The lowest BCUT2D eigenvalue weighted by molar-refractivity contribution is 0.0968. The van der Waals surface area contributed by atoms with Crippen molar-refractivity contribution in [1.82, 2.24) is 10.2 Å². The Labute approximate surface area is 119 Å². The Morgan fingerprint density at radius 3 is 2.74 bits per heavy atom. The van der Waals surface area contributed by atoms with Crippen molar-refractivity contribution < 1.29 is 4.79 Å². The van der Waals surface area contributed by atoms with E-state index in [-0.39, 0.29) is 5.91 Å². The number of likely N-dealkylation sites (N-methyl/N-ethyl adjacent to an activating group) is 1. The number of thiophene rings is 1. The van der Waals surface area contributed by atoms with Crippen LogP contribution >= 0.6 is 11.3 Å². The summed E-state index contributed by atoms with van der Waals surface area (Å²) in [7, 11) is 1.61. The number of rotatable bonds is 8. The minimum atomic E-state index is -0.128. The van der Waals surface area contributed by atoms with Gasteiger partial charge in [0, 0.05) is 20.1 Å². The molecule has 4 N–H and O–H groups in total. The summed E-state index contributed by atoms with van der Waals surface area (Å²) in [6.07, 6.45) is 1.17. The summed E-state index contributed by atoms with van der Waals surface area (Å²) in [5.74, 6) is -0.128. The van der Waals surface area contributed by atoms with Crippen LogP contribution in [-0.4, -0.2) is 44.0 Å². The number of anilines is 2. The molecule has 1 heterocycles. The van der Waals surface area contributed by atoms with E-state index in [2.05, 4.69) is 29.4 Å². The number of nitrogen functional groups attached to an aromatic ring is 1. The molecule has 0 fully saturated rings. The third kappa shape index (κ3) is 4.72. The van der Waals surface area contributed by atoms with Crippen LogP contribution in [0.2, 0.25) is 0 Å². The minimum Gasteiger partial charge on any atom is -0.397 e. The topological polar surface area (TPSA) is 70.4 Å². The number of nitrogens with one attached hydrogen (secondary N) is 2. The van der Waals surface area contributed by atoms with Crippen LogP contribution in [0, 0.1) is 0 Å². The fourth-order valence-electron chi connectivity index (χ4n) is 1.86. The maximum Gasteiger partial charge on any atom is 0.263 e. The fraction of sp³-hybridized carbons (Fsp3) is 0.615. The van der Waals surface area contributed by atoms with Gasteiger partial charge in [0.2, 0.25) is 0 Å². The molecule has 1 aromatic heterocycles. The lowest BCUT2D eigenvalue weighted by atomic mass is 10.3. The normalized spacial score (nSPS) is 10.7. The Morgan fingerprint density at radius 2 is 2.16 bits per heavy atom. The molecule has 1 rings (SSSR count). The molecule has 0 bridgehead atoms. The van der Waals surface area contributed by atoms with Crippen LogP contribution in [0.5, 0.6) is 0 Å². The van der Waals surface area contributed by atoms with Crippen LogP contribution in [0.1, 0.15) is 29.9 Å². The zero-order chi connectivity index (χ0) is 14.3. The van der Waals surface area contributed by atoms with Crippen molar-refractivity contribution >= 4 is 27.9 Å². The number of amides is 1. The van der Waals surface area contributed by atoms with E-state index in [1.54, 1.807) is 7.05 Å².